The standard InChI is InChI=1S/C14H11N3O5/c18-11-4-5-12(13(19)7-11)14(20)16-15-8-9-2-1-3-10(6-9)17(21)22/h1-8,18-19H,(H,16,20)/b15-8+. The van der Waals surface area contributed by atoms with Crippen molar-refractivity contribution in [3.63, 3.8) is 0 Å². The molecule has 0 unspecified atom stereocenters. The Morgan fingerprint density at radius 3 is 2.68 bits per heavy atom. The summed E-state index contributed by atoms with van der Waals surface area (Å²) in [5, 5.41) is 33.0. The first-order chi connectivity index (χ1) is 10.5. The molecule has 8 heteroatoms. The Hall–Kier alpha value is -3.42. The molecule has 0 aromatic heterocycles. The molecular weight excluding hydrogens is 290 g/mol. The van der Waals surface area contributed by atoms with Crippen molar-refractivity contribution in [2.75, 3.05) is 0 Å². The molecule has 0 bridgehead atoms. The van der Waals surface area contributed by atoms with Crippen molar-refractivity contribution in [1.82, 2.24) is 5.43 Å². The topological polar surface area (TPSA) is 125 Å². The number of amides is 1. The van der Waals surface area contributed by atoms with Crippen LogP contribution in [0.5, 0.6) is 11.5 Å². The van der Waals surface area contributed by atoms with Gasteiger partial charge in [-0.25, -0.2) is 5.43 Å². The van der Waals surface area contributed by atoms with E-state index in [0.29, 0.717) is 5.56 Å². The number of benzene rings is 2. The Kier molecular flexibility index (Phi) is 4.33. The van der Waals surface area contributed by atoms with Gasteiger partial charge in [0.2, 0.25) is 0 Å². The molecule has 1 amide bonds. The molecule has 0 radical (unpaired) electrons. The minimum absolute atomic E-state index is 0.0611. The van der Waals surface area contributed by atoms with Gasteiger partial charge in [0, 0.05) is 23.8 Å². The number of hydrogen-bond donors (Lipinski definition) is 3. The second kappa shape index (κ2) is 6.35. The third-order valence-corrected chi connectivity index (χ3v) is 2.69. The molecule has 112 valence electrons. The maximum atomic E-state index is 11.8. The molecule has 0 saturated heterocycles. The molecule has 2 aromatic rings. The van der Waals surface area contributed by atoms with Crippen molar-refractivity contribution >= 4 is 17.8 Å². The van der Waals surface area contributed by atoms with E-state index in [4.69, 9.17) is 5.11 Å². The van der Waals surface area contributed by atoms with Crippen LogP contribution in [0.25, 0.3) is 0 Å². The van der Waals surface area contributed by atoms with E-state index in [-0.39, 0.29) is 22.7 Å². The van der Waals surface area contributed by atoms with Gasteiger partial charge in [-0.15, -0.1) is 0 Å². The predicted octanol–water partition coefficient (Wildman–Crippen LogP) is 1.77. The smallest absolute Gasteiger partial charge is 0.275 e. The molecule has 0 aliphatic rings. The zero-order valence-corrected chi connectivity index (χ0v) is 11.1. The van der Waals surface area contributed by atoms with Crippen LogP contribution in [0.2, 0.25) is 0 Å². The number of rotatable bonds is 4. The second-order valence-electron chi connectivity index (χ2n) is 4.25. The van der Waals surface area contributed by atoms with Crippen LogP contribution in [-0.4, -0.2) is 27.3 Å². The van der Waals surface area contributed by atoms with Gasteiger partial charge < -0.3 is 10.2 Å². The first-order valence-corrected chi connectivity index (χ1v) is 6.07. The Morgan fingerprint density at radius 1 is 1.23 bits per heavy atom. The van der Waals surface area contributed by atoms with Crippen molar-refractivity contribution in [1.29, 1.82) is 0 Å². The highest BCUT2D eigenvalue weighted by molar-refractivity contribution is 5.97. The number of nitro groups is 1. The molecule has 2 rings (SSSR count). The van der Waals surface area contributed by atoms with Crippen LogP contribution in [0, 0.1) is 10.1 Å². The summed E-state index contributed by atoms with van der Waals surface area (Å²) in [5.41, 5.74) is 2.46. The number of nitrogens with zero attached hydrogens (tertiary/aromatic N) is 2. The predicted molar refractivity (Wildman–Crippen MR) is 77.9 cm³/mol. The van der Waals surface area contributed by atoms with Gasteiger partial charge in [0.05, 0.1) is 16.7 Å². The highest BCUT2D eigenvalue weighted by Crippen LogP contribution is 2.22. The number of aromatic hydroxyl groups is 2. The number of nitrogens with one attached hydrogen (secondary N) is 1. The number of hydrazone groups is 1. The molecule has 0 heterocycles. The summed E-state index contributed by atoms with van der Waals surface area (Å²) < 4.78 is 0. The third-order valence-electron chi connectivity index (χ3n) is 2.69. The minimum Gasteiger partial charge on any atom is -0.508 e. The van der Waals surface area contributed by atoms with Crippen molar-refractivity contribution in [3.05, 3.63) is 63.7 Å². The average Bonchev–Trinajstić information content (AvgIpc) is 2.47. The van der Waals surface area contributed by atoms with Gasteiger partial charge in [0.1, 0.15) is 11.5 Å². The van der Waals surface area contributed by atoms with Crippen LogP contribution in [-0.2, 0) is 0 Å². The van der Waals surface area contributed by atoms with Crippen LogP contribution >= 0.6 is 0 Å². The number of phenols is 2. The summed E-state index contributed by atoms with van der Waals surface area (Å²) >= 11 is 0. The monoisotopic (exact) mass is 301 g/mol. The summed E-state index contributed by atoms with van der Waals surface area (Å²) in [6.45, 7) is 0. The summed E-state index contributed by atoms with van der Waals surface area (Å²) in [4.78, 5) is 21.9. The fourth-order valence-electron chi connectivity index (χ4n) is 1.66. The normalized spacial score (nSPS) is 10.5. The SMILES string of the molecule is O=C(N/N=C/c1cccc([N+](=O)[O-])c1)c1ccc(O)cc1O. The van der Waals surface area contributed by atoms with E-state index in [0.717, 1.165) is 6.07 Å². The molecular formula is C14H11N3O5. The van der Waals surface area contributed by atoms with Crippen molar-refractivity contribution in [3.8, 4) is 11.5 Å². The summed E-state index contributed by atoms with van der Waals surface area (Å²) in [7, 11) is 0. The number of non-ortho nitro benzene ring substituents is 1. The molecule has 22 heavy (non-hydrogen) atoms. The largest absolute Gasteiger partial charge is 0.508 e. The van der Waals surface area contributed by atoms with Gasteiger partial charge in [0.25, 0.3) is 11.6 Å². The molecule has 8 nitrogen and oxygen atoms in total. The van der Waals surface area contributed by atoms with Crippen molar-refractivity contribution in [2.45, 2.75) is 0 Å². The Bertz CT molecular complexity index is 758. The van der Waals surface area contributed by atoms with Gasteiger partial charge >= 0.3 is 0 Å². The highest BCUT2D eigenvalue weighted by atomic mass is 16.6. The number of nitro benzene ring substituents is 1. The molecule has 0 saturated carbocycles. The molecule has 0 aliphatic heterocycles. The number of carbonyl (C=O) groups is 1. The van der Waals surface area contributed by atoms with E-state index in [1.165, 1.54) is 36.5 Å². The van der Waals surface area contributed by atoms with Crippen molar-refractivity contribution in [2.24, 2.45) is 5.10 Å². The van der Waals surface area contributed by atoms with Crippen LogP contribution in [0.15, 0.2) is 47.6 Å². The molecule has 0 spiro atoms. The average molecular weight is 301 g/mol. The van der Waals surface area contributed by atoms with Gasteiger partial charge in [-0.05, 0) is 12.1 Å². The fraction of sp³-hybridized carbons (Fsp3) is 0. The molecule has 2 aromatic carbocycles. The quantitative estimate of drug-likeness (QED) is 0.451. The van der Waals surface area contributed by atoms with E-state index in [1.54, 1.807) is 6.07 Å². The Morgan fingerprint density at radius 2 is 2.00 bits per heavy atom. The van der Waals surface area contributed by atoms with Crippen LogP contribution in [0.4, 0.5) is 5.69 Å². The second-order valence-corrected chi connectivity index (χ2v) is 4.25. The first kappa shape index (κ1) is 15.0. The van der Waals surface area contributed by atoms with E-state index >= 15 is 0 Å². The summed E-state index contributed by atoms with van der Waals surface area (Å²) in [6, 6.07) is 9.23. The maximum absolute atomic E-state index is 11.8. The Labute approximate surface area is 124 Å². The van der Waals surface area contributed by atoms with Gasteiger partial charge in [-0.2, -0.15) is 5.10 Å². The van der Waals surface area contributed by atoms with E-state index in [2.05, 4.69) is 10.5 Å². The first-order valence-electron chi connectivity index (χ1n) is 6.07. The fourth-order valence-corrected chi connectivity index (χ4v) is 1.66. The van der Waals surface area contributed by atoms with E-state index in [1.807, 2.05) is 0 Å². The minimum atomic E-state index is -0.681. The number of hydrogen-bond acceptors (Lipinski definition) is 6. The van der Waals surface area contributed by atoms with Crippen molar-refractivity contribution < 1.29 is 19.9 Å². The maximum Gasteiger partial charge on any atom is 0.275 e. The lowest BCUT2D eigenvalue weighted by Crippen LogP contribution is -2.17. The molecule has 0 fully saturated rings. The molecule has 3 N–H and O–H groups in total. The summed E-state index contributed by atoms with van der Waals surface area (Å²) in [5.74, 6) is -1.24. The summed E-state index contributed by atoms with van der Waals surface area (Å²) in [6.07, 6.45) is 1.24. The van der Waals surface area contributed by atoms with Gasteiger partial charge in [0.15, 0.2) is 0 Å². The number of carbonyl (C=O) groups excluding carboxylic acids is 1. The lowest BCUT2D eigenvalue weighted by Gasteiger charge is -2.03. The van der Waals surface area contributed by atoms with Crippen LogP contribution in [0.1, 0.15) is 15.9 Å². The highest BCUT2D eigenvalue weighted by Gasteiger charge is 2.10. The number of phenolic OH excluding ortho intramolecular Hbond substituents is 2. The zero-order valence-electron chi connectivity index (χ0n) is 11.1. The van der Waals surface area contributed by atoms with E-state index in [9.17, 15) is 20.0 Å². The van der Waals surface area contributed by atoms with Gasteiger partial charge in [-0.3, -0.25) is 14.9 Å². The Balaban J connectivity index is 2.07. The lowest BCUT2D eigenvalue weighted by atomic mass is 10.2. The van der Waals surface area contributed by atoms with Crippen LogP contribution in [0.3, 0.4) is 0 Å². The third kappa shape index (κ3) is 3.57. The van der Waals surface area contributed by atoms with Gasteiger partial charge in [-0.1, -0.05) is 12.1 Å². The molecule has 0 aliphatic carbocycles. The lowest BCUT2D eigenvalue weighted by molar-refractivity contribution is -0.384. The zero-order chi connectivity index (χ0) is 16.1. The van der Waals surface area contributed by atoms with Crippen LogP contribution < -0.4 is 5.43 Å². The van der Waals surface area contributed by atoms with E-state index < -0.39 is 10.8 Å². The molecule has 0 atom stereocenters.